The summed E-state index contributed by atoms with van der Waals surface area (Å²) in [5.41, 5.74) is 1.97. The molecule has 0 bridgehead atoms. The van der Waals surface area contributed by atoms with Crippen molar-refractivity contribution in [2.75, 3.05) is 11.9 Å². The second-order valence-electron chi connectivity index (χ2n) is 5.20. The van der Waals surface area contributed by atoms with Crippen molar-refractivity contribution in [3.05, 3.63) is 33.4 Å². The molecule has 20 heavy (non-hydrogen) atoms. The number of hydrogen-bond acceptors (Lipinski definition) is 4. The van der Waals surface area contributed by atoms with Gasteiger partial charge in [-0.05, 0) is 50.4 Å². The van der Waals surface area contributed by atoms with E-state index in [1.54, 1.807) is 6.07 Å². The Hall–Kier alpha value is -1.95. The molecule has 1 aliphatic rings. The first-order chi connectivity index (χ1) is 9.49. The zero-order valence-corrected chi connectivity index (χ0v) is 11.7. The molecule has 1 aromatic rings. The molecular formula is C14H19N3O3. The first kappa shape index (κ1) is 14.5. The Balaban J connectivity index is 2.21. The van der Waals surface area contributed by atoms with E-state index in [1.807, 2.05) is 13.8 Å². The average Bonchev–Trinajstić information content (AvgIpc) is 2.43. The van der Waals surface area contributed by atoms with Crippen LogP contribution in [0.3, 0.4) is 0 Å². The molecule has 1 saturated heterocycles. The smallest absolute Gasteiger partial charge is 0.293 e. The van der Waals surface area contributed by atoms with Crippen LogP contribution < -0.4 is 10.6 Å². The zero-order valence-electron chi connectivity index (χ0n) is 11.7. The Morgan fingerprint density at radius 2 is 2.05 bits per heavy atom. The predicted molar refractivity (Wildman–Crippen MR) is 76.8 cm³/mol. The highest BCUT2D eigenvalue weighted by molar-refractivity contribution is 5.97. The van der Waals surface area contributed by atoms with Gasteiger partial charge >= 0.3 is 0 Å². The van der Waals surface area contributed by atoms with Crippen molar-refractivity contribution in [1.29, 1.82) is 0 Å². The highest BCUT2D eigenvalue weighted by Crippen LogP contribution is 2.28. The molecule has 1 aliphatic heterocycles. The summed E-state index contributed by atoms with van der Waals surface area (Å²) in [6, 6.07) is 2.90. The van der Waals surface area contributed by atoms with Gasteiger partial charge in [0, 0.05) is 6.07 Å². The maximum atomic E-state index is 12.1. The number of aryl methyl sites for hydroxylation is 2. The Kier molecular flexibility index (Phi) is 4.34. The van der Waals surface area contributed by atoms with Crippen LogP contribution in [0.25, 0.3) is 0 Å². The van der Waals surface area contributed by atoms with E-state index in [9.17, 15) is 14.9 Å². The maximum Gasteiger partial charge on any atom is 0.293 e. The van der Waals surface area contributed by atoms with E-state index in [0.29, 0.717) is 0 Å². The Bertz CT molecular complexity index is 537. The van der Waals surface area contributed by atoms with Gasteiger partial charge in [-0.3, -0.25) is 14.9 Å². The van der Waals surface area contributed by atoms with E-state index in [-0.39, 0.29) is 23.3 Å². The molecule has 0 aromatic heterocycles. The molecule has 0 spiro atoms. The number of piperidine rings is 1. The lowest BCUT2D eigenvalue weighted by atomic mass is 10.0. The summed E-state index contributed by atoms with van der Waals surface area (Å²) in [4.78, 5) is 22.8. The minimum Gasteiger partial charge on any atom is -0.319 e. The maximum absolute atomic E-state index is 12.1. The molecule has 1 amide bonds. The fourth-order valence-electron chi connectivity index (χ4n) is 2.35. The number of nitro benzene ring substituents is 1. The molecule has 1 unspecified atom stereocenters. The van der Waals surface area contributed by atoms with E-state index in [1.165, 1.54) is 6.07 Å². The van der Waals surface area contributed by atoms with Gasteiger partial charge in [0.2, 0.25) is 5.91 Å². The van der Waals surface area contributed by atoms with E-state index in [0.717, 1.165) is 36.9 Å². The Morgan fingerprint density at radius 3 is 2.65 bits per heavy atom. The number of nitro groups is 1. The number of rotatable bonds is 3. The second-order valence-corrected chi connectivity index (χ2v) is 5.20. The summed E-state index contributed by atoms with van der Waals surface area (Å²) in [5.74, 6) is -0.198. The van der Waals surface area contributed by atoms with Gasteiger partial charge in [0.1, 0.15) is 5.69 Å². The third kappa shape index (κ3) is 3.14. The van der Waals surface area contributed by atoms with Crippen molar-refractivity contribution in [2.24, 2.45) is 0 Å². The second kappa shape index (κ2) is 6.00. The number of nitrogens with zero attached hydrogens (tertiary/aromatic N) is 1. The van der Waals surface area contributed by atoms with E-state index in [2.05, 4.69) is 10.6 Å². The molecule has 2 N–H and O–H groups in total. The van der Waals surface area contributed by atoms with Gasteiger partial charge < -0.3 is 10.6 Å². The molecule has 1 heterocycles. The quantitative estimate of drug-likeness (QED) is 0.655. The first-order valence-corrected chi connectivity index (χ1v) is 6.79. The van der Waals surface area contributed by atoms with Crippen LogP contribution in [0.15, 0.2) is 12.1 Å². The minimum absolute atomic E-state index is 0.0581. The van der Waals surface area contributed by atoms with Crippen LogP contribution in [0.4, 0.5) is 11.4 Å². The summed E-state index contributed by atoms with van der Waals surface area (Å²) in [5, 5.41) is 16.9. The molecule has 0 saturated carbocycles. The molecule has 108 valence electrons. The fourth-order valence-corrected chi connectivity index (χ4v) is 2.35. The molecule has 6 nitrogen and oxygen atoms in total. The Morgan fingerprint density at radius 1 is 1.35 bits per heavy atom. The van der Waals surface area contributed by atoms with Gasteiger partial charge in [-0.1, -0.05) is 6.42 Å². The molecule has 0 aliphatic carbocycles. The standard InChI is InChI=1S/C14H19N3O3/c1-9-7-12(13(17(19)20)8-10(9)2)16-14(18)11-5-3-4-6-15-11/h7-8,11,15H,3-6H2,1-2H3,(H,16,18). The largest absolute Gasteiger partial charge is 0.319 e. The van der Waals surface area contributed by atoms with Crippen molar-refractivity contribution in [3.8, 4) is 0 Å². The normalized spacial score (nSPS) is 18.6. The topological polar surface area (TPSA) is 84.3 Å². The molecule has 2 rings (SSSR count). The number of hydrogen-bond donors (Lipinski definition) is 2. The van der Waals surface area contributed by atoms with Crippen LogP contribution in [-0.4, -0.2) is 23.4 Å². The van der Waals surface area contributed by atoms with Crippen molar-refractivity contribution < 1.29 is 9.72 Å². The number of carbonyl (C=O) groups is 1. The Labute approximate surface area is 117 Å². The van der Waals surface area contributed by atoms with Gasteiger partial charge in [0.15, 0.2) is 0 Å². The van der Waals surface area contributed by atoms with Crippen molar-refractivity contribution >= 4 is 17.3 Å². The lowest BCUT2D eigenvalue weighted by Gasteiger charge is -2.22. The molecule has 1 atom stereocenters. The van der Waals surface area contributed by atoms with Crippen LogP contribution >= 0.6 is 0 Å². The molecule has 1 fully saturated rings. The lowest BCUT2D eigenvalue weighted by Crippen LogP contribution is -2.43. The van der Waals surface area contributed by atoms with Crippen molar-refractivity contribution in [1.82, 2.24) is 5.32 Å². The number of amides is 1. The summed E-state index contributed by atoms with van der Waals surface area (Å²) in [7, 11) is 0. The van der Waals surface area contributed by atoms with Gasteiger partial charge in [0.05, 0.1) is 11.0 Å². The van der Waals surface area contributed by atoms with Crippen LogP contribution in [0, 0.1) is 24.0 Å². The third-order valence-corrected chi connectivity index (χ3v) is 3.69. The summed E-state index contributed by atoms with van der Waals surface area (Å²) < 4.78 is 0. The first-order valence-electron chi connectivity index (χ1n) is 6.79. The third-order valence-electron chi connectivity index (χ3n) is 3.69. The molecular weight excluding hydrogens is 258 g/mol. The SMILES string of the molecule is Cc1cc(NC(=O)C2CCCCN2)c([N+](=O)[O-])cc1C. The minimum atomic E-state index is -0.462. The fraction of sp³-hybridized carbons (Fsp3) is 0.500. The van der Waals surface area contributed by atoms with Crippen LogP contribution in [-0.2, 0) is 4.79 Å². The predicted octanol–water partition coefficient (Wildman–Crippen LogP) is 2.29. The highest BCUT2D eigenvalue weighted by atomic mass is 16.6. The number of benzene rings is 1. The summed E-state index contributed by atoms with van der Waals surface area (Å²) >= 11 is 0. The van der Waals surface area contributed by atoms with E-state index >= 15 is 0 Å². The molecule has 1 aromatic carbocycles. The monoisotopic (exact) mass is 277 g/mol. The van der Waals surface area contributed by atoms with E-state index < -0.39 is 4.92 Å². The van der Waals surface area contributed by atoms with Crippen LogP contribution in [0.2, 0.25) is 0 Å². The summed E-state index contributed by atoms with van der Waals surface area (Å²) in [6.45, 7) is 4.50. The lowest BCUT2D eigenvalue weighted by molar-refractivity contribution is -0.384. The molecule has 6 heteroatoms. The van der Waals surface area contributed by atoms with Gasteiger partial charge in [-0.25, -0.2) is 0 Å². The average molecular weight is 277 g/mol. The van der Waals surface area contributed by atoms with Crippen LogP contribution in [0.1, 0.15) is 30.4 Å². The van der Waals surface area contributed by atoms with Crippen LogP contribution in [0.5, 0.6) is 0 Å². The van der Waals surface area contributed by atoms with Crippen molar-refractivity contribution in [2.45, 2.75) is 39.2 Å². The van der Waals surface area contributed by atoms with Crippen molar-refractivity contribution in [3.63, 3.8) is 0 Å². The van der Waals surface area contributed by atoms with Gasteiger partial charge in [-0.2, -0.15) is 0 Å². The molecule has 0 radical (unpaired) electrons. The number of carbonyl (C=O) groups excluding carboxylic acids is 1. The van der Waals surface area contributed by atoms with Gasteiger partial charge in [-0.15, -0.1) is 0 Å². The number of nitrogens with one attached hydrogen (secondary N) is 2. The van der Waals surface area contributed by atoms with E-state index in [4.69, 9.17) is 0 Å². The highest BCUT2D eigenvalue weighted by Gasteiger charge is 2.23. The number of anilines is 1. The zero-order chi connectivity index (χ0) is 14.7. The summed E-state index contributed by atoms with van der Waals surface area (Å²) in [6.07, 6.45) is 2.83. The van der Waals surface area contributed by atoms with Gasteiger partial charge in [0.25, 0.3) is 5.69 Å².